The van der Waals surface area contributed by atoms with Crippen LogP contribution in [0.2, 0.25) is 0 Å². The number of rotatable bonds is 7. The molecule has 0 bridgehead atoms. The lowest BCUT2D eigenvalue weighted by atomic mass is 9.99. The number of hydrogen-bond donors (Lipinski definition) is 4. The highest BCUT2D eigenvalue weighted by molar-refractivity contribution is 6.38. The van der Waals surface area contributed by atoms with Gasteiger partial charge in [0.1, 0.15) is 24.4 Å². The van der Waals surface area contributed by atoms with Crippen LogP contribution in [0.4, 0.5) is 0 Å². The van der Waals surface area contributed by atoms with Gasteiger partial charge in [-0.3, -0.25) is 9.59 Å². The third kappa shape index (κ3) is 3.62. The highest BCUT2D eigenvalue weighted by Gasteiger charge is 2.36. The van der Waals surface area contributed by atoms with Gasteiger partial charge in [0.25, 0.3) is 0 Å². The molecule has 0 rings (SSSR count). The Bertz CT molecular complexity index is 252. The monoisotopic (exact) mass is 236 g/mol. The largest absolute Gasteiger partial charge is 0.394 e. The molecule has 0 heterocycles. The lowest BCUT2D eigenvalue weighted by Gasteiger charge is -2.27. The van der Waals surface area contributed by atoms with Gasteiger partial charge in [0.2, 0.25) is 5.78 Å². The highest BCUT2D eigenvalue weighted by Crippen LogP contribution is 2.09. The molecule has 0 aromatic rings. The maximum atomic E-state index is 11.1. The predicted molar refractivity (Wildman–Crippen MR) is 51.6 cm³/mol. The van der Waals surface area contributed by atoms with Crippen LogP contribution in [0.1, 0.15) is 6.92 Å². The van der Waals surface area contributed by atoms with Gasteiger partial charge < -0.3 is 25.2 Å². The molecular formula is C9H16O7. The second-order valence-electron chi connectivity index (χ2n) is 3.31. The summed E-state index contributed by atoms with van der Waals surface area (Å²) in [6, 6.07) is 0. The second-order valence-corrected chi connectivity index (χ2v) is 3.31. The number of methoxy groups -OCH3 is 1. The number of carbonyl (C=O) groups excluding carboxylic acids is 2. The zero-order valence-corrected chi connectivity index (χ0v) is 9.03. The Labute approximate surface area is 92.3 Å². The van der Waals surface area contributed by atoms with Gasteiger partial charge in [0.05, 0.1) is 6.61 Å². The van der Waals surface area contributed by atoms with Crippen molar-refractivity contribution in [2.75, 3.05) is 13.7 Å². The SMILES string of the molecule is COC(C(O)CO)C(O)C(O)C(=O)C(C)=O. The van der Waals surface area contributed by atoms with E-state index in [2.05, 4.69) is 4.74 Å². The molecule has 0 aliphatic rings. The van der Waals surface area contributed by atoms with Crippen molar-refractivity contribution in [3.8, 4) is 0 Å². The Morgan fingerprint density at radius 1 is 1.25 bits per heavy atom. The maximum Gasteiger partial charge on any atom is 0.229 e. The Morgan fingerprint density at radius 2 is 1.75 bits per heavy atom. The third-order valence-corrected chi connectivity index (χ3v) is 2.11. The molecule has 0 aliphatic carbocycles. The smallest absolute Gasteiger partial charge is 0.229 e. The van der Waals surface area contributed by atoms with E-state index in [4.69, 9.17) is 5.11 Å². The van der Waals surface area contributed by atoms with Gasteiger partial charge in [-0.05, 0) is 0 Å². The number of ketones is 2. The van der Waals surface area contributed by atoms with Crippen molar-refractivity contribution in [3.05, 3.63) is 0 Å². The lowest BCUT2D eigenvalue weighted by Crippen LogP contribution is -2.50. The van der Waals surface area contributed by atoms with Crippen LogP contribution in [-0.2, 0) is 14.3 Å². The Kier molecular flexibility index (Phi) is 6.31. The van der Waals surface area contributed by atoms with Crippen LogP contribution in [0, 0.1) is 0 Å². The normalized spacial score (nSPS) is 18.6. The van der Waals surface area contributed by atoms with E-state index in [-0.39, 0.29) is 0 Å². The highest BCUT2D eigenvalue weighted by atomic mass is 16.5. The molecule has 0 radical (unpaired) electrons. The van der Waals surface area contributed by atoms with E-state index in [1.165, 1.54) is 0 Å². The molecule has 4 atom stereocenters. The average molecular weight is 236 g/mol. The number of Topliss-reactive ketones (excluding diaryl/α,β-unsaturated/α-hetero) is 2. The molecule has 7 nitrogen and oxygen atoms in total. The maximum absolute atomic E-state index is 11.1. The fraction of sp³-hybridized carbons (Fsp3) is 0.778. The standard InChI is InChI=1S/C9H16O7/c1-4(11)6(13)7(14)8(15)9(16-2)5(12)3-10/h5,7-10,12,14-15H,3H2,1-2H3. The van der Waals surface area contributed by atoms with Gasteiger partial charge in [0, 0.05) is 14.0 Å². The molecule has 0 aromatic heterocycles. The molecule has 0 saturated heterocycles. The molecule has 0 spiro atoms. The third-order valence-electron chi connectivity index (χ3n) is 2.11. The van der Waals surface area contributed by atoms with Crippen LogP contribution < -0.4 is 0 Å². The van der Waals surface area contributed by atoms with Crippen LogP contribution in [0.5, 0.6) is 0 Å². The lowest BCUT2D eigenvalue weighted by molar-refractivity contribution is -0.156. The van der Waals surface area contributed by atoms with Crippen molar-refractivity contribution < 1.29 is 34.8 Å². The molecule has 94 valence electrons. The summed E-state index contributed by atoms with van der Waals surface area (Å²) in [7, 11) is 1.12. The molecule has 16 heavy (non-hydrogen) atoms. The number of hydrogen-bond acceptors (Lipinski definition) is 7. The van der Waals surface area contributed by atoms with Gasteiger partial charge >= 0.3 is 0 Å². The molecular weight excluding hydrogens is 220 g/mol. The fourth-order valence-electron chi connectivity index (χ4n) is 1.17. The van der Waals surface area contributed by atoms with E-state index in [1.54, 1.807) is 0 Å². The van der Waals surface area contributed by atoms with E-state index in [0.717, 1.165) is 14.0 Å². The quantitative estimate of drug-likeness (QED) is 0.353. The minimum absolute atomic E-state index is 0.712. The molecule has 0 saturated carbocycles. The van der Waals surface area contributed by atoms with Crippen molar-refractivity contribution in [1.82, 2.24) is 0 Å². The van der Waals surface area contributed by atoms with Gasteiger partial charge in [-0.25, -0.2) is 0 Å². The first-order chi connectivity index (χ1) is 7.36. The van der Waals surface area contributed by atoms with Crippen LogP contribution in [0.3, 0.4) is 0 Å². The summed E-state index contributed by atoms with van der Waals surface area (Å²) in [6.45, 7) is 0.235. The van der Waals surface area contributed by atoms with Crippen LogP contribution in [-0.4, -0.2) is 70.1 Å². The molecule has 7 heteroatoms. The summed E-state index contributed by atoms with van der Waals surface area (Å²) in [5, 5.41) is 36.6. The molecule has 0 aromatic carbocycles. The fourth-order valence-corrected chi connectivity index (χ4v) is 1.17. The summed E-state index contributed by atoms with van der Waals surface area (Å²) in [4.78, 5) is 21.7. The number of ether oxygens (including phenoxy) is 1. The van der Waals surface area contributed by atoms with Crippen LogP contribution in [0.25, 0.3) is 0 Å². The van der Waals surface area contributed by atoms with Crippen molar-refractivity contribution in [2.24, 2.45) is 0 Å². The van der Waals surface area contributed by atoms with Crippen LogP contribution >= 0.6 is 0 Å². The average Bonchev–Trinajstić information content (AvgIpc) is 2.27. The minimum atomic E-state index is -1.98. The zero-order valence-electron chi connectivity index (χ0n) is 9.03. The van der Waals surface area contributed by atoms with Crippen molar-refractivity contribution in [3.63, 3.8) is 0 Å². The van der Waals surface area contributed by atoms with Gasteiger partial charge in [-0.15, -0.1) is 0 Å². The van der Waals surface area contributed by atoms with Gasteiger partial charge in [-0.1, -0.05) is 0 Å². The molecule has 0 fully saturated rings. The molecule has 4 unspecified atom stereocenters. The van der Waals surface area contributed by atoms with Crippen molar-refractivity contribution >= 4 is 11.6 Å². The van der Waals surface area contributed by atoms with E-state index >= 15 is 0 Å². The number of aliphatic hydroxyl groups is 4. The first kappa shape index (κ1) is 15.1. The topological polar surface area (TPSA) is 124 Å². The summed E-state index contributed by atoms with van der Waals surface area (Å²) in [6.07, 6.45) is -6.59. The van der Waals surface area contributed by atoms with E-state index < -0.39 is 42.6 Å². The van der Waals surface area contributed by atoms with E-state index in [9.17, 15) is 24.9 Å². The Morgan fingerprint density at radius 3 is 2.06 bits per heavy atom. The summed E-state index contributed by atoms with van der Waals surface area (Å²) < 4.78 is 4.63. The second kappa shape index (κ2) is 6.66. The Hall–Kier alpha value is -0.860. The van der Waals surface area contributed by atoms with E-state index in [1.807, 2.05) is 0 Å². The van der Waals surface area contributed by atoms with Gasteiger partial charge in [-0.2, -0.15) is 0 Å². The zero-order chi connectivity index (χ0) is 12.9. The Balaban J connectivity index is 4.68. The van der Waals surface area contributed by atoms with E-state index in [0.29, 0.717) is 0 Å². The number of carbonyl (C=O) groups is 2. The van der Waals surface area contributed by atoms with Crippen LogP contribution in [0.15, 0.2) is 0 Å². The summed E-state index contributed by atoms with van der Waals surface area (Å²) >= 11 is 0. The summed E-state index contributed by atoms with van der Waals surface area (Å²) in [5.74, 6) is -2.10. The minimum Gasteiger partial charge on any atom is -0.394 e. The first-order valence-electron chi connectivity index (χ1n) is 4.59. The molecule has 0 aliphatic heterocycles. The molecule has 4 N–H and O–H groups in total. The number of aliphatic hydroxyl groups excluding tert-OH is 4. The summed E-state index contributed by atoms with van der Waals surface area (Å²) in [5.41, 5.74) is 0. The first-order valence-corrected chi connectivity index (χ1v) is 4.59. The predicted octanol–water partition coefficient (Wildman–Crippen LogP) is -2.77. The van der Waals surface area contributed by atoms with Crippen molar-refractivity contribution in [2.45, 2.75) is 31.3 Å². The van der Waals surface area contributed by atoms with Gasteiger partial charge in [0.15, 0.2) is 5.78 Å². The van der Waals surface area contributed by atoms with Crippen molar-refractivity contribution in [1.29, 1.82) is 0 Å². The molecule has 0 amide bonds.